The second kappa shape index (κ2) is 10.5. The van der Waals surface area contributed by atoms with Gasteiger partial charge < -0.3 is 14.2 Å². The number of hydrogen-bond acceptors (Lipinski definition) is 5. The molecule has 1 aromatic rings. The second-order valence-electron chi connectivity index (χ2n) is 7.59. The van der Waals surface area contributed by atoms with E-state index >= 15 is 0 Å². The van der Waals surface area contributed by atoms with Crippen molar-refractivity contribution in [1.29, 1.82) is 0 Å². The Balaban J connectivity index is 3.23. The molecule has 0 fully saturated rings. The molecule has 0 heterocycles. The molecule has 5 nitrogen and oxygen atoms in total. The zero-order valence-electron chi connectivity index (χ0n) is 17.6. The van der Waals surface area contributed by atoms with Gasteiger partial charge in [0.15, 0.2) is 5.41 Å². The molecule has 1 aromatic carbocycles. The van der Waals surface area contributed by atoms with Crippen LogP contribution in [0.3, 0.4) is 0 Å². The summed E-state index contributed by atoms with van der Waals surface area (Å²) >= 11 is 0. The minimum absolute atomic E-state index is 0.0346. The first-order chi connectivity index (χ1) is 12.7. The lowest BCUT2D eigenvalue weighted by Gasteiger charge is -2.29. The number of carbonyl (C=O) groups excluding carboxylic acids is 2. The fourth-order valence-corrected chi connectivity index (χ4v) is 2.92. The lowest BCUT2D eigenvalue weighted by Crippen LogP contribution is -2.45. The van der Waals surface area contributed by atoms with E-state index in [1.165, 1.54) is 5.56 Å². The number of rotatable bonds is 10. The summed E-state index contributed by atoms with van der Waals surface area (Å²) in [4.78, 5) is 25.7. The Kier molecular flexibility index (Phi) is 8.97. The summed E-state index contributed by atoms with van der Waals surface area (Å²) in [5.41, 5.74) is 0.719. The van der Waals surface area contributed by atoms with E-state index in [0.29, 0.717) is 6.61 Å². The number of ether oxygens (including phenoxy) is 3. The van der Waals surface area contributed by atoms with Gasteiger partial charge in [-0.1, -0.05) is 45.0 Å². The Labute approximate surface area is 163 Å². The van der Waals surface area contributed by atoms with E-state index in [2.05, 4.69) is 20.8 Å². The summed E-state index contributed by atoms with van der Waals surface area (Å²) in [6.45, 7) is 13.0. The number of carbonyl (C=O) groups is 2. The third kappa shape index (κ3) is 6.35. The van der Waals surface area contributed by atoms with E-state index in [0.717, 1.165) is 5.56 Å². The van der Waals surface area contributed by atoms with Crippen molar-refractivity contribution in [1.82, 2.24) is 0 Å². The van der Waals surface area contributed by atoms with Gasteiger partial charge in [0.2, 0.25) is 0 Å². The standard InChI is InChI=1S/C22H34O5/c1-7-25-15-14-22(19(23)26-8-2,20(24)27-9-3)16-17-10-12-18(13-11-17)21(4,5)6/h10-13H,7-9,14-16H2,1-6H3. The van der Waals surface area contributed by atoms with Crippen molar-refractivity contribution in [3.8, 4) is 0 Å². The van der Waals surface area contributed by atoms with Crippen LogP contribution in [0.4, 0.5) is 0 Å². The van der Waals surface area contributed by atoms with Crippen LogP contribution in [0.2, 0.25) is 0 Å². The van der Waals surface area contributed by atoms with Crippen molar-refractivity contribution in [2.24, 2.45) is 5.41 Å². The van der Waals surface area contributed by atoms with Gasteiger partial charge in [0, 0.05) is 13.2 Å². The zero-order valence-corrected chi connectivity index (χ0v) is 17.6. The monoisotopic (exact) mass is 378 g/mol. The highest BCUT2D eigenvalue weighted by Crippen LogP contribution is 2.32. The lowest BCUT2D eigenvalue weighted by molar-refractivity contribution is -0.173. The van der Waals surface area contributed by atoms with Crippen LogP contribution < -0.4 is 0 Å². The first-order valence-corrected chi connectivity index (χ1v) is 9.72. The number of hydrogen-bond donors (Lipinski definition) is 0. The smallest absolute Gasteiger partial charge is 0.323 e. The number of benzene rings is 1. The molecule has 5 heteroatoms. The molecule has 0 aliphatic rings. The van der Waals surface area contributed by atoms with Gasteiger partial charge in [0.25, 0.3) is 0 Å². The minimum atomic E-state index is -1.40. The Hall–Kier alpha value is -1.88. The van der Waals surface area contributed by atoms with Crippen LogP contribution in [0.15, 0.2) is 24.3 Å². The summed E-state index contributed by atoms with van der Waals surface area (Å²) in [5.74, 6) is -1.11. The molecule has 152 valence electrons. The zero-order chi connectivity index (χ0) is 20.5. The molecular formula is C22H34O5. The topological polar surface area (TPSA) is 61.8 Å². The largest absolute Gasteiger partial charge is 0.465 e. The molecule has 0 amide bonds. The fraction of sp³-hybridized carbons (Fsp3) is 0.636. The predicted molar refractivity (Wildman–Crippen MR) is 106 cm³/mol. The van der Waals surface area contributed by atoms with Crippen molar-refractivity contribution in [3.63, 3.8) is 0 Å². The maximum Gasteiger partial charge on any atom is 0.323 e. The molecule has 0 aromatic heterocycles. The Morgan fingerprint density at radius 3 is 1.78 bits per heavy atom. The molecule has 27 heavy (non-hydrogen) atoms. The van der Waals surface area contributed by atoms with Crippen LogP contribution in [-0.2, 0) is 35.6 Å². The Morgan fingerprint density at radius 1 is 0.852 bits per heavy atom. The molecule has 0 bridgehead atoms. The van der Waals surface area contributed by atoms with E-state index in [1.807, 2.05) is 31.2 Å². The molecular weight excluding hydrogens is 344 g/mol. The summed E-state index contributed by atoms with van der Waals surface area (Å²) in [6, 6.07) is 8.01. The van der Waals surface area contributed by atoms with Crippen molar-refractivity contribution in [2.75, 3.05) is 26.4 Å². The highest BCUT2D eigenvalue weighted by molar-refractivity contribution is 6.00. The van der Waals surface area contributed by atoms with E-state index in [-0.39, 0.29) is 38.1 Å². The van der Waals surface area contributed by atoms with Crippen molar-refractivity contribution >= 4 is 11.9 Å². The minimum Gasteiger partial charge on any atom is -0.465 e. The third-order valence-corrected chi connectivity index (χ3v) is 4.54. The first kappa shape index (κ1) is 23.2. The molecule has 0 aliphatic heterocycles. The maximum absolute atomic E-state index is 12.8. The van der Waals surface area contributed by atoms with Crippen LogP contribution in [-0.4, -0.2) is 38.4 Å². The summed E-state index contributed by atoms with van der Waals surface area (Å²) < 4.78 is 16.0. The van der Waals surface area contributed by atoms with E-state index in [4.69, 9.17) is 14.2 Å². The molecule has 1 rings (SSSR count). The maximum atomic E-state index is 12.8. The molecule has 0 N–H and O–H groups in total. The van der Waals surface area contributed by atoms with Crippen molar-refractivity contribution in [2.45, 2.75) is 59.8 Å². The molecule has 0 radical (unpaired) electrons. The van der Waals surface area contributed by atoms with Gasteiger partial charge in [0.1, 0.15) is 0 Å². The normalized spacial score (nSPS) is 11.9. The van der Waals surface area contributed by atoms with E-state index in [1.54, 1.807) is 13.8 Å². The number of esters is 2. The summed E-state index contributed by atoms with van der Waals surface area (Å²) in [6.07, 6.45) is 0.446. The van der Waals surface area contributed by atoms with E-state index in [9.17, 15) is 9.59 Å². The SMILES string of the molecule is CCOCCC(Cc1ccc(C(C)(C)C)cc1)(C(=O)OCC)C(=O)OCC. The Bertz CT molecular complexity index is 580. The van der Waals surface area contributed by atoms with Gasteiger partial charge in [-0.3, -0.25) is 9.59 Å². The van der Waals surface area contributed by atoms with Crippen LogP contribution in [0.25, 0.3) is 0 Å². The van der Waals surface area contributed by atoms with Gasteiger partial charge in [-0.25, -0.2) is 0 Å². The summed E-state index contributed by atoms with van der Waals surface area (Å²) in [7, 11) is 0. The Morgan fingerprint density at radius 2 is 1.37 bits per heavy atom. The fourth-order valence-electron chi connectivity index (χ4n) is 2.92. The van der Waals surface area contributed by atoms with Gasteiger partial charge in [-0.2, -0.15) is 0 Å². The van der Waals surface area contributed by atoms with Gasteiger partial charge in [-0.05, 0) is 50.2 Å². The third-order valence-electron chi connectivity index (χ3n) is 4.54. The van der Waals surface area contributed by atoms with Crippen LogP contribution in [0.5, 0.6) is 0 Å². The molecule has 0 unspecified atom stereocenters. The van der Waals surface area contributed by atoms with Crippen molar-refractivity contribution < 1.29 is 23.8 Å². The molecule has 0 aliphatic carbocycles. The van der Waals surface area contributed by atoms with Gasteiger partial charge >= 0.3 is 11.9 Å². The molecule has 0 saturated heterocycles. The molecule has 0 saturated carbocycles. The highest BCUT2D eigenvalue weighted by Gasteiger charge is 2.48. The van der Waals surface area contributed by atoms with Crippen molar-refractivity contribution in [3.05, 3.63) is 35.4 Å². The van der Waals surface area contributed by atoms with Crippen LogP contribution in [0, 0.1) is 5.41 Å². The van der Waals surface area contributed by atoms with Gasteiger partial charge in [-0.15, -0.1) is 0 Å². The van der Waals surface area contributed by atoms with Gasteiger partial charge in [0.05, 0.1) is 13.2 Å². The highest BCUT2D eigenvalue weighted by atomic mass is 16.6. The molecule has 0 spiro atoms. The molecule has 0 atom stereocenters. The predicted octanol–water partition coefficient (Wildman–Crippen LogP) is 4.07. The van der Waals surface area contributed by atoms with Crippen LogP contribution >= 0.6 is 0 Å². The lowest BCUT2D eigenvalue weighted by atomic mass is 9.78. The average molecular weight is 379 g/mol. The summed E-state index contributed by atoms with van der Waals surface area (Å²) in [5, 5.41) is 0. The second-order valence-corrected chi connectivity index (χ2v) is 7.59. The first-order valence-electron chi connectivity index (χ1n) is 9.72. The average Bonchev–Trinajstić information content (AvgIpc) is 2.61. The van der Waals surface area contributed by atoms with E-state index < -0.39 is 17.4 Å². The quantitative estimate of drug-likeness (QED) is 0.349. The van der Waals surface area contributed by atoms with Crippen LogP contribution in [0.1, 0.15) is 59.1 Å².